The predicted molar refractivity (Wildman–Crippen MR) is 121 cm³/mol. The zero-order chi connectivity index (χ0) is 22.7. The second-order valence-corrected chi connectivity index (χ2v) is 7.89. The highest BCUT2D eigenvalue weighted by atomic mass is 16.5. The maximum absolute atomic E-state index is 13.0. The van der Waals surface area contributed by atoms with Crippen LogP contribution in [0.25, 0.3) is 10.9 Å². The predicted octanol–water partition coefficient (Wildman–Crippen LogP) is 2.85. The number of H-pyrrole nitrogens is 1. The molecule has 0 unspecified atom stereocenters. The monoisotopic (exact) mass is 437 g/mol. The standard InChI is InChI=1S/C24H27N3O5/c1-31-16-11-12-18(21(15-16)32-2)20-9-5-13-26(20)22(28)10-6-14-27-23(29)17-7-3-4-8-19(17)25-24(27)30/h3-4,7-8,11-12,15,20H,5-6,9-10,13-14H2,1-2H3,(H,25,30)/t20-/m1/s1. The van der Waals surface area contributed by atoms with Gasteiger partial charge in [0.25, 0.3) is 5.56 Å². The van der Waals surface area contributed by atoms with Gasteiger partial charge in [0.1, 0.15) is 11.5 Å². The van der Waals surface area contributed by atoms with Crippen LogP contribution in [0.4, 0.5) is 0 Å². The minimum Gasteiger partial charge on any atom is -0.497 e. The van der Waals surface area contributed by atoms with Crippen LogP contribution < -0.4 is 20.7 Å². The van der Waals surface area contributed by atoms with E-state index in [0.29, 0.717) is 35.4 Å². The molecule has 1 saturated heterocycles. The number of rotatable bonds is 7. The first-order valence-electron chi connectivity index (χ1n) is 10.8. The molecular weight excluding hydrogens is 410 g/mol. The zero-order valence-corrected chi connectivity index (χ0v) is 18.3. The molecule has 2 heterocycles. The lowest BCUT2D eigenvalue weighted by Crippen LogP contribution is -2.36. The van der Waals surface area contributed by atoms with Crippen LogP contribution in [0.1, 0.15) is 37.3 Å². The highest BCUT2D eigenvalue weighted by Crippen LogP contribution is 2.39. The van der Waals surface area contributed by atoms with Crippen molar-refractivity contribution in [3.05, 3.63) is 68.9 Å². The van der Waals surface area contributed by atoms with Crippen LogP contribution in [0, 0.1) is 0 Å². The maximum atomic E-state index is 13.0. The summed E-state index contributed by atoms with van der Waals surface area (Å²) >= 11 is 0. The summed E-state index contributed by atoms with van der Waals surface area (Å²) in [7, 11) is 3.21. The van der Waals surface area contributed by atoms with Crippen LogP contribution in [-0.4, -0.2) is 41.1 Å². The van der Waals surface area contributed by atoms with Gasteiger partial charge in [0.15, 0.2) is 0 Å². The van der Waals surface area contributed by atoms with Gasteiger partial charge < -0.3 is 19.4 Å². The van der Waals surface area contributed by atoms with Crippen LogP contribution in [0.3, 0.4) is 0 Å². The summed E-state index contributed by atoms with van der Waals surface area (Å²) in [6.07, 6.45) is 2.43. The van der Waals surface area contributed by atoms with E-state index < -0.39 is 5.69 Å². The smallest absolute Gasteiger partial charge is 0.328 e. The number of hydrogen-bond donors (Lipinski definition) is 1. The SMILES string of the molecule is COc1ccc([C@H]2CCCN2C(=O)CCCn2c(=O)[nH]c3ccccc3c2=O)c(OC)c1. The first-order chi connectivity index (χ1) is 15.5. The van der Waals surface area contributed by atoms with Gasteiger partial charge in [-0.2, -0.15) is 0 Å². The summed E-state index contributed by atoms with van der Waals surface area (Å²) < 4.78 is 12.0. The zero-order valence-electron chi connectivity index (χ0n) is 18.3. The second-order valence-electron chi connectivity index (χ2n) is 7.89. The quantitative estimate of drug-likeness (QED) is 0.614. The number of aromatic nitrogens is 2. The van der Waals surface area contributed by atoms with Crippen molar-refractivity contribution in [3.63, 3.8) is 0 Å². The van der Waals surface area contributed by atoms with Crippen molar-refractivity contribution in [1.29, 1.82) is 0 Å². The lowest BCUT2D eigenvalue weighted by Gasteiger charge is -2.26. The Labute approximate surface area is 185 Å². The molecule has 3 aromatic rings. The van der Waals surface area contributed by atoms with Crippen LogP contribution in [-0.2, 0) is 11.3 Å². The van der Waals surface area contributed by atoms with Gasteiger partial charge in [0.2, 0.25) is 5.91 Å². The summed E-state index contributed by atoms with van der Waals surface area (Å²) in [6, 6.07) is 12.5. The van der Waals surface area contributed by atoms with Gasteiger partial charge >= 0.3 is 5.69 Å². The lowest BCUT2D eigenvalue weighted by molar-refractivity contribution is -0.132. The van der Waals surface area contributed by atoms with E-state index in [0.717, 1.165) is 18.4 Å². The Bertz CT molecular complexity index is 1250. The minimum atomic E-state index is -0.455. The van der Waals surface area contributed by atoms with E-state index >= 15 is 0 Å². The molecule has 4 rings (SSSR count). The number of carbonyl (C=O) groups is 1. The van der Waals surface area contributed by atoms with Gasteiger partial charge in [-0.15, -0.1) is 0 Å². The maximum Gasteiger partial charge on any atom is 0.328 e. The van der Waals surface area contributed by atoms with E-state index in [2.05, 4.69) is 4.98 Å². The fourth-order valence-electron chi connectivity index (χ4n) is 4.42. The van der Waals surface area contributed by atoms with E-state index in [9.17, 15) is 14.4 Å². The molecule has 1 aliphatic rings. The van der Waals surface area contributed by atoms with Crippen molar-refractivity contribution in [2.45, 2.75) is 38.3 Å². The third-order valence-electron chi connectivity index (χ3n) is 6.03. The van der Waals surface area contributed by atoms with Crippen molar-refractivity contribution < 1.29 is 14.3 Å². The van der Waals surface area contributed by atoms with Crippen molar-refractivity contribution in [1.82, 2.24) is 14.5 Å². The first-order valence-corrected chi connectivity index (χ1v) is 10.8. The van der Waals surface area contributed by atoms with Crippen molar-refractivity contribution in [2.75, 3.05) is 20.8 Å². The molecule has 32 heavy (non-hydrogen) atoms. The number of benzene rings is 2. The number of para-hydroxylation sites is 1. The van der Waals surface area contributed by atoms with Crippen LogP contribution in [0.2, 0.25) is 0 Å². The molecular formula is C24H27N3O5. The third-order valence-corrected chi connectivity index (χ3v) is 6.03. The number of amides is 1. The second kappa shape index (κ2) is 9.30. The van der Waals surface area contributed by atoms with E-state index in [1.54, 1.807) is 38.5 Å². The van der Waals surface area contributed by atoms with Crippen LogP contribution in [0.15, 0.2) is 52.1 Å². The fraction of sp³-hybridized carbons (Fsp3) is 0.375. The summed E-state index contributed by atoms with van der Waals surface area (Å²) in [5.74, 6) is 1.41. The van der Waals surface area contributed by atoms with Gasteiger partial charge in [0.05, 0.1) is 31.2 Å². The molecule has 0 spiro atoms. The van der Waals surface area contributed by atoms with Gasteiger partial charge in [-0.1, -0.05) is 12.1 Å². The van der Waals surface area contributed by atoms with Gasteiger partial charge in [-0.05, 0) is 43.5 Å². The molecule has 1 N–H and O–H groups in total. The number of nitrogens with one attached hydrogen (secondary N) is 1. The minimum absolute atomic E-state index is 0.00985. The van der Waals surface area contributed by atoms with Gasteiger partial charge in [0, 0.05) is 31.1 Å². The number of aromatic amines is 1. The van der Waals surface area contributed by atoms with Crippen molar-refractivity contribution in [2.24, 2.45) is 0 Å². The largest absolute Gasteiger partial charge is 0.497 e. The molecule has 1 aromatic heterocycles. The number of methoxy groups -OCH3 is 2. The van der Waals surface area contributed by atoms with Crippen molar-refractivity contribution >= 4 is 16.8 Å². The number of fused-ring (bicyclic) bond motifs is 1. The van der Waals surface area contributed by atoms with E-state index in [-0.39, 0.29) is 30.5 Å². The molecule has 1 fully saturated rings. The topological polar surface area (TPSA) is 93.6 Å². The van der Waals surface area contributed by atoms with Crippen molar-refractivity contribution in [3.8, 4) is 11.5 Å². The molecule has 8 nitrogen and oxygen atoms in total. The molecule has 1 atom stereocenters. The molecule has 0 bridgehead atoms. The number of hydrogen-bond acceptors (Lipinski definition) is 5. The lowest BCUT2D eigenvalue weighted by atomic mass is 10.0. The van der Waals surface area contributed by atoms with Crippen LogP contribution >= 0.6 is 0 Å². The Morgan fingerprint density at radius 2 is 1.94 bits per heavy atom. The number of likely N-dealkylation sites (tertiary alicyclic amines) is 1. The fourth-order valence-corrected chi connectivity index (χ4v) is 4.42. The number of carbonyl (C=O) groups excluding carboxylic acids is 1. The van der Waals surface area contributed by atoms with E-state index in [4.69, 9.17) is 9.47 Å². The van der Waals surface area contributed by atoms with E-state index in [1.807, 2.05) is 23.1 Å². The number of nitrogens with zero attached hydrogens (tertiary/aromatic N) is 2. The highest BCUT2D eigenvalue weighted by molar-refractivity contribution is 5.77. The van der Waals surface area contributed by atoms with Gasteiger partial charge in [-0.25, -0.2) is 4.79 Å². The molecule has 0 radical (unpaired) electrons. The molecule has 168 valence electrons. The number of ether oxygens (including phenoxy) is 2. The Balaban J connectivity index is 1.46. The summed E-state index contributed by atoms with van der Waals surface area (Å²) in [4.78, 5) is 42.6. The molecule has 1 amide bonds. The first kappa shape index (κ1) is 21.7. The van der Waals surface area contributed by atoms with Gasteiger partial charge in [-0.3, -0.25) is 14.2 Å². The molecule has 0 aliphatic carbocycles. The average molecular weight is 437 g/mol. The Hall–Kier alpha value is -3.55. The third kappa shape index (κ3) is 4.12. The summed E-state index contributed by atoms with van der Waals surface area (Å²) in [6.45, 7) is 0.865. The average Bonchev–Trinajstić information content (AvgIpc) is 3.30. The summed E-state index contributed by atoms with van der Waals surface area (Å²) in [5, 5.41) is 0.463. The molecule has 0 saturated carbocycles. The Kier molecular flexibility index (Phi) is 6.30. The Morgan fingerprint density at radius 1 is 1.12 bits per heavy atom. The normalized spacial score (nSPS) is 15.8. The molecule has 8 heteroatoms. The highest BCUT2D eigenvalue weighted by Gasteiger charge is 2.31. The van der Waals surface area contributed by atoms with E-state index in [1.165, 1.54) is 4.57 Å². The summed E-state index contributed by atoms with van der Waals surface area (Å²) in [5.41, 5.74) is 0.687. The Morgan fingerprint density at radius 3 is 2.72 bits per heavy atom. The van der Waals surface area contributed by atoms with Crippen LogP contribution in [0.5, 0.6) is 11.5 Å². The molecule has 1 aliphatic heterocycles. The molecule has 2 aromatic carbocycles.